The Morgan fingerprint density at radius 2 is 1.87 bits per heavy atom. The number of anilines is 1. The minimum atomic E-state index is -0.339. The van der Waals surface area contributed by atoms with Crippen LogP contribution in [-0.2, 0) is 0 Å². The molecule has 0 saturated carbocycles. The number of rotatable bonds is 3. The fraction of sp³-hybridized carbons (Fsp3) is 0.0870. The molecule has 0 radical (unpaired) electrons. The van der Waals surface area contributed by atoms with Crippen molar-refractivity contribution in [1.29, 1.82) is 0 Å². The summed E-state index contributed by atoms with van der Waals surface area (Å²) >= 11 is 4.79. The number of aromatic nitrogens is 1. The Hall–Kier alpha value is -3.03. The third-order valence-electron chi connectivity index (χ3n) is 5.33. The Morgan fingerprint density at radius 1 is 1.10 bits per heavy atom. The molecule has 1 aliphatic rings. The molecule has 148 valence electrons. The van der Waals surface area contributed by atoms with Gasteiger partial charge in [0, 0.05) is 21.1 Å². The van der Waals surface area contributed by atoms with Gasteiger partial charge in [-0.05, 0) is 63.7 Å². The number of carbonyl (C=O) groups is 2. The van der Waals surface area contributed by atoms with E-state index in [0.717, 1.165) is 26.8 Å². The molecule has 0 bridgehead atoms. The first-order valence-electron chi connectivity index (χ1n) is 9.39. The van der Waals surface area contributed by atoms with Crippen LogP contribution in [0.5, 0.6) is 0 Å². The lowest BCUT2D eigenvalue weighted by Crippen LogP contribution is -2.21. The number of halogens is 1. The van der Waals surface area contributed by atoms with Crippen molar-refractivity contribution < 1.29 is 9.59 Å². The molecule has 3 aromatic carbocycles. The second-order valence-corrected chi connectivity index (χ2v) is 8.79. The van der Waals surface area contributed by atoms with Crippen molar-refractivity contribution in [2.24, 2.45) is 0 Å². The molecule has 5 nitrogen and oxygen atoms in total. The summed E-state index contributed by atoms with van der Waals surface area (Å²) < 4.78 is 6.00. The highest BCUT2D eigenvalue weighted by atomic mass is 79.9. The molecule has 4 aromatic rings. The molecule has 0 aliphatic carbocycles. The topological polar surface area (TPSA) is 71.1 Å². The molecule has 1 aliphatic heterocycles. The van der Waals surface area contributed by atoms with Gasteiger partial charge in [-0.1, -0.05) is 42.5 Å². The molecular weight excluding hydrogens is 462 g/mol. The Morgan fingerprint density at radius 3 is 2.70 bits per heavy atom. The van der Waals surface area contributed by atoms with Crippen LogP contribution in [0.4, 0.5) is 5.69 Å². The number of hydrogen-bond acceptors (Lipinski definition) is 4. The van der Waals surface area contributed by atoms with Gasteiger partial charge in [0.1, 0.15) is 5.69 Å². The zero-order valence-corrected chi connectivity index (χ0v) is 18.3. The number of fused-ring (bicyclic) bond motifs is 2. The van der Waals surface area contributed by atoms with Crippen molar-refractivity contribution in [3.8, 4) is 0 Å². The van der Waals surface area contributed by atoms with E-state index in [1.54, 1.807) is 6.07 Å². The maximum atomic E-state index is 13.1. The monoisotopic (exact) mass is 477 g/mol. The predicted octanol–water partition coefficient (Wildman–Crippen LogP) is 5.45. The number of nitrogens with zero attached hydrogens (tertiary/aromatic N) is 1. The van der Waals surface area contributed by atoms with Gasteiger partial charge in [-0.2, -0.15) is 4.37 Å². The zero-order valence-electron chi connectivity index (χ0n) is 15.9. The van der Waals surface area contributed by atoms with E-state index >= 15 is 0 Å². The van der Waals surface area contributed by atoms with E-state index in [1.165, 1.54) is 11.5 Å². The molecule has 0 saturated heterocycles. The summed E-state index contributed by atoms with van der Waals surface area (Å²) in [5, 5.41) is 6.88. The van der Waals surface area contributed by atoms with E-state index in [1.807, 2.05) is 61.5 Å². The van der Waals surface area contributed by atoms with E-state index in [0.29, 0.717) is 21.4 Å². The van der Waals surface area contributed by atoms with E-state index in [4.69, 9.17) is 0 Å². The third-order valence-corrected chi connectivity index (χ3v) is 6.81. The lowest BCUT2D eigenvalue weighted by molar-refractivity contribution is 0.0959. The average Bonchev–Trinajstić information content (AvgIpc) is 3.32. The van der Waals surface area contributed by atoms with Crippen LogP contribution in [-0.4, -0.2) is 16.2 Å². The maximum absolute atomic E-state index is 13.1. The second-order valence-electron chi connectivity index (χ2n) is 7.13. The van der Waals surface area contributed by atoms with Crippen LogP contribution in [0.15, 0.2) is 65.1 Å². The minimum absolute atomic E-state index is 0.166. The van der Waals surface area contributed by atoms with Gasteiger partial charge in [0.25, 0.3) is 11.8 Å². The van der Waals surface area contributed by atoms with Crippen LogP contribution in [0.3, 0.4) is 0 Å². The van der Waals surface area contributed by atoms with Crippen molar-refractivity contribution in [3.05, 3.63) is 93.1 Å². The number of carbonyl (C=O) groups excluding carboxylic acids is 2. The van der Waals surface area contributed by atoms with E-state index in [-0.39, 0.29) is 17.9 Å². The lowest BCUT2D eigenvalue weighted by Gasteiger charge is -2.18. The third kappa shape index (κ3) is 3.02. The molecule has 2 heterocycles. The standard InChI is InChI=1S/C23H16BrN3O2S/c1-12-6-2-3-7-13(12)20-19-16(11-10-15(24)18(19)22(28)26-20)25-23(29)21-14-8-4-5-9-17(14)30-27-21/h2-11,20H,1H3,(H,25,29)(H,26,28). The number of hydrogen-bond donors (Lipinski definition) is 2. The average molecular weight is 478 g/mol. The highest BCUT2D eigenvalue weighted by Gasteiger charge is 2.35. The quantitative estimate of drug-likeness (QED) is 0.411. The Labute approximate surface area is 185 Å². The molecule has 2 N–H and O–H groups in total. The lowest BCUT2D eigenvalue weighted by atomic mass is 9.93. The molecule has 0 spiro atoms. The molecule has 2 amide bonds. The maximum Gasteiger partial charge on any atom is 0.276 e. The number of nitrogens with one attached hydrogen (secondary N) is 2. The summed E-state index contributed by atoms with van der Waals surface area (Å²) in [7, 11) is 0. The molecule has 7 heteroatoms. The minimum Gasteiger partial charge on any atom is -0.341 e. The molecule has 0 fully saturated rings. The molecular formula is C23H16BrN3O2S. The van der Waals surface area contributed by atoms with Crippen molar-refractivity contribution in [2.75, 3.05) is 5.32 Å². The first kappa shape index (κ1) is 19.0. The summed E-state index contributed by atoms with van der Waals surface area (Å²) in [6.45, 7) is 2.01. The van der Waals surface area contributed by atoms with Crippen molar-refractivity contribution in [3.63, 3.8) is 0 Å². The van der Waals surface area contributed by atoms with E-state index in [9.17, 15) is 9.59 Å². The Balaban J connectivity index is 1.60. The summed E-state index contributed by atoms with van der Waals surface area (Å²) in [4.78, 5) is 25.8. The molecule has 5 rings (SSSR count). The van der Waals surface area contributed by atoms with Crippen molar-refractivity contribution in [1.82, 2.24) is 9.69 Å². The highest BCUT2D eigenvalue weighted by Crippen LogP contribution is 2.41. The van der Waals surface area contributed by atoms with Crippen molar-refractivity contribution in [2.45, 2.75) is 13.0 Å². The van der Waals surface area contributed by atoms with Gasteiger partial charge in [0.2, 0.25) is 0 Å². The van der Waals surface area contributed by atoms with E-state index in [2.05, 4.69) is 30.9 Å². The van der Waals surface area contributed by atoms with Gasteiger partial charge in [0.15, 0.2) is 0 Å². The molecule has 1 atom stereocenters. The number of benzene rings is 3. The Kier molecular flexibility index (Phi) is 4.64. The summed E-state index contributed by atoms with van der Waals surface area (Å²) in [5.41, 5.74) is 4.36. The van der Waals surface area contributed by atoms with Crippen LogP contribution in [0.2, 0.25) is 0 Å². The largest absolute Gasteiger partial charge is 0.341 e. The van der Waals surface area contributed by atoms with Gasteiger partial charge >= 0.3 is 0 Å². The molecule has 1 unspecified atom stereocenters. The smallest absolute Gasteiger partial charge is 0.276 e. The van der Waals surface area contributed by atoms with Gasteiger partial charge in [0.05, 0.1) is 16.3 Å². The fourth-order valence-electron chi connectivity index (χ4n) is 3.88. The van der Waals surface area contributed by atoms with Gasteiger partial charge in [-0.25, -0.2) is 0 Å². The fourth-order valence-corrected chi connectivity index (χ4v) is 5.18. The number of amides is 2. The SMILES string of the molecule is Cc1ccccc1C1NC(=O)c2c(Br)ccc(NC(=O)c3nsc4ccccc34)c21. The van der Waals surface area contributed by atoms with Crippen molar-refractivity contribution >= 4 is 55.1 Å². The van der Waals surface area contributed by atoms with Crippen LogP contribution >= 0.6 is 27.5 Å². The number of aryl methyl sites for hydroxylation is 1. The van der Waals surface area contributed by atoms with Gasteiger partial charge < -0.3 is 10.6 Å². The summed E-state index contributed by atoms with van der Waals surface area (Å²) in [6, 6.07) is 18.8. The Bertz CT molecular complexity index is 1330. The van der Waals surface area contributed by atoms with E-state index < -0.39 is 0 Å². The summed E-state index contributed by atoms with van der Waals surface area (Å²) in [6.07, 6.45) is 0. The van der Waals surface area contributed by atoms with Crippen LogP contribution in [0, 0.1) is 6.92 Å². The van der Waals surface area contributed by atoms with Crippen LogP contribution < -0.4 is 10.6 Å². The van der Waals surface area contributed by atoms with Gasteiger partial charge in [-0.15, -0.1) is 0 Å². The molecule has 30 heavy (non-hydrogen) atoms. The first-order valence-corrected chi connectivity index (χ1v) is 11.0. The first-order chi connectivity index (χ1) is 14.5. The van der Waals surface area contributed by atoms with Crippen LogP contribution in [0.1, 0.15) is 43.6 Å². The zero-order chi connectivity index (χ0) is 20.8. The van der Waals surface area contributed by atoms with Crippen LogP contribution in [0.25, 0.3) is 10.1 Å². The summed E-state index contributed by atoms with van der Waals surface area (Å²) in [5.74, 6) is -0.458. The normalized spacial score (nSPS) is 15.1. The highest BCUT2D eigenvalue weighted by molar-refractivity contribution is 9.10. The molecule has 1 aromatic heterocycles. The second kappa shape index (κ2) is 7.34. The van der Waals surface area contributed by atoms with Gasteiger partial charge in [-0.3, -0.25) is 9.59 Å². The predicted molar refractivity (Wildman–Crippen MR) is 122 cm³/mol.